The molecule has 0 spiro atoms. The Labute approximate surface area is 160 Å². The van der Waals surface area contributed by atoms with Crippen LogP contribution in [-0.2, 0) is 16.3 Å². The normalized spacial score (nSPS) is 20.1. The van der Waals surface area contributed by atoms with Crippen molar-refractivity contribution in [2.24, 2.45) is 10.9 Å². The molecule has 0 aromatic carbocycles. The summed E-state index contributed by atoms with van der Waals surface area (Å²) >= 11 is 1.77. The van der Waals surface area contributed by atoms with E-state index in [0.29, 0.717) is 12.3 Å². The van der Waals surface area contributed by atoms with Gasteiger partial charge in [0.15, 0.2) is 15.8 Å². The van der Waals surface area contributed by atoms with Crippen molar-refractivity contribution in [3.63, 3.8) is 0 Å². The van der Waals surface area contributed by atoms with Gasteiger partial charge in [-0.2, -0.15) is 0 Å². The second kappa shape index (κ2) is 9.83. The Morgan fingerprint density at radius 2 is 2.30 bits per heavy atom. The average Bonchev–Trinajstić information content (AvgIpc) is 3.10. The summed E-state index contributed by atoms with van der Waals surface area (Å²) in [4.78, 5) is 8.11. The zero-order valence-corrected chi connectivity index (χ0v) is 17.7. The van der Waals surface area contributed by atoms with E-state index in [1.807, 2.05) is 14.0 Å². The summed E-state index contributed by atoms with van der Waals surface area (Å²) in [5, 5.41) is 5.38. The molecule has 1 aliphatic heterocycles. The van der Waals surface area contributed by atoms with Crippen molar-refractivity contribution in [1.29, 1.82) is 0 Å². The third kappa shape index (κ3) is 6.96. The van der Waals surface area contributed by atoms with E-state index < -0.39 is 9.84 Å². The number of likely N-dealkylation sites (N-methyl/N-ethyl adjacent to an activating group) is 1. The maximum Gasteiger partial charge on any atom is 0.193 e. The average molecular weight is 471 g/mol. The summed E-state index contributed by atoms with van der Waals surface area (Å²) in [7, 11) is -0.789. The number of nitrogens with one attached hydrogen (secondary N) is 1. The van der Waals surface area contributed by atoms with Gasteiger partial charge in [-0.15, -0.1) is 35.3 Å². The molecule has 0 saturated carbocycles. The van der Waals surface area contributed by atoms with Gasteiger partial charge in [0.05, 0.1) is 11.5 Å². The fourth-order valence-corrected chi connectivity index (χ4v) is 5.09. The molecule has 1 saturated heterocycles. The number of sulfone groups is 1. The van der Waals surface area contributed by atoms with E-state index in [0.717, 1.165) is 31.9 Å². The minimum Gasteiger partial charge on any atom is -0.357 e. The molecule has 1 aromatic heterocycles. The summed E-state index contributed by atoms with van der Waals surface area (Å²) < 4.78 is 23.0. The minimum atomic E-state index is -2.82. The van der Waals surface area contributed by atoms with Crippen LogP contribution >= 0.6 is 35.3 Å². The molecule has 1 N–H and O–H groups in total. The van der Waals surface area contributed by atoms with Crippen LogP contribution in [0.1, 0.15) is 18.2 Å². The molecule has 0 amide bonds. The molecule has 1 unspecified atom stereocenters. The zero-order valence-electron chi connectivity index (χ0n) is 13.7. The molecule has 23 heavy (non-hydrogen) atoms. The van der Waals surface area contributed by atoms with Crippen LogP contribution in [0, 0.1) is 5.92 Å². The fraction of sp³-hybridized carbons (Fsp3) is 0.667. The van der Waals surface area contributed by atoms with Crippen LogP contribution in [0.2, 0.25) is 0 Å². The molecule has 0 bridgehead atoms. The van der Waals surface area contributed by atoms with Crippen molar-refractivity contribution in [3.05, 3.63) is 22.4 Å². The number of aliphatic imine (C=N–C) groups is 1. The molecule has 0 aliphatic carbocycles. The number of thiophene rings is 1. The van der Waals surface area contributed by atoms with Gasteiger partial charge in [0.1, 0.15) is 0 Å². The predicted molar refractivity (Wildman–Crippen MR) is 109 cm³/mol. The monoisotopic (exact) mass is 471 g/mol. The van der Waals surface area contributed by atoms with Gasteiger partial charge in [-0.1, -0.05) is 6.07 Å². The van der Waals surface area contributed by atoms with Gasteiger partial charge in [-0.05, 0) is 37.1 Å². The van der Waals surface area contributed by atoms with Crippen molar-refractivity contribution in [2.45, 2.75) is 19.8 Å². The molecular weight excluding hydrogens is 445 g/mol. The smallest absolute Gasteiger partial charge is 0.193 e. The summed E-state index contributed by atoms with van der Waals surface area (Å²) in [6, 6.07) is 4.21. The Morgan fingerprint density at radius 3 is 2.87 bits per heavy atom. The van der Waals surface area contributed by atoms with Gasteiger partial charge in [-0.25, -0.2) is 8.42 Å². The van der Waals surface area contributed by atoms with Crippen LogP contribution in [0.25, 0.3) is 0 Å². The molecule has 5 nitrogen and oxygen atoms in total. The van der Waals surface area contributed by atoms with Crippen molar-refractivity contribution in [3.8, 4) is 0 Å². The number of nitrogens with zero attached hydrogens (tertiary/aromatic N) is 2. The second-order valence-corrected chi connectivity index (χ2v) is 8.98. The molecular formula is C15H26IN3O2S2. The first-order chi connectivity index (χ1) is 10.5. The summed E-state index contributed by atoms with van der Waals surface area (Å²) in [5.74, 6) is 1.64. The van der Waals surface area contributed by atoms with E-state index in [1.165, 1.54) is 4.88 Å². The Kier molecular flexibility index (Phi) is 8.84. The largest absolute Gasteiger partial charge is 0.357 e. The lowest BCUT2D eigenvalue weighted by molar-refractivity contribution is 0.482. The van der Waals surface area contributed by atoms with E-state index >= 15 is 0 Å². The Balaban J connectivity index is 0.00000264. The molecule has 1 atom stereocenters. The topological polar surface area (TPSA) is 61.8 Å². The third-order valence-electron chi connectivity index (χ3n) is 3.80. The molecule has 132 valence electrons. The third-order valence-corrected chi connectivity index (χ3v) is 6.57. The molecule has 1 fully saturated rings. The lowest BCUT2D eigenvalue weighted by Crippen LogP contribution is -2.40. The second-order valence-electron chi connectivity index (χ2n) is 5.71. The maximum absolute atomic E-state index is 11.5. The van der Waals surface area contributed by atoms with E-state index in [4.69, 9.17) is 0 Å². The summed E-state index contributed by atoms with van der Waals surface area (Å²) in [6.07, 6.45) is 1.74. The van der Waals surface area contributed by atoms with Crippen molar-refractivity contribution in [2.75, 3.05) is 38.2 Å². The van der Waals surface area contributed by atoms with Crippen LogP contribution < -0.4 is 5.32 Å². The standard InChI is InChI=1S/C15H25N3O2S2.HI/c1-3-16-15(17-11-13-7-10-22(19,20)12-13)18(2)8-6-14-5-4-9-21-14;/h4-5,9,13H,3,6-8,10-12H2,1-2H3,(H,16,17);1H. The van der Waals surface area contributed by atoms with E-state index in [9.17, 15) is 8.42 Å². The number of rotatable bonds is 6. The van der Waals surface area contributed by atoms with Crippen molar-refractivity contribution in [1.82, 2.24) is 10.2 Å². The number of guanidine groups is 1. The first-order valence-electron chi connectivity index (χ1n) is 7.72. The molecule has 8 heteroatoms. The van der Waals surface area contributed by atoms with Crippen LogP contribution in [-0.4, -0.2) is 57.5 Å². The summed E-state index contributed by atoms with van der Waals surface area (Å²) in [5.41, 5.74) is 0. The first kappa shape index (κ1) is 20.7. The van der Waals surface area contributed by atoms with Crippen LogP contribution in [0.3, 0.4) is 0 Å². The van der Waals surface area contributed by atoms with Gasteiger partial charge in [0.25, 0.3) is 0 Å². The van der Waals surface area contributed by atoms with Crippen LogP contribution in [0.15, 0.2) is 22.5 Å². The Morgan fingerprint density at radius 1 is 1.52 bits per heavy atom. The van der Waals surface area contributed by atoms with Gasteiger partial charge >= 0.3 is 0 Å². The highest BCUT2D eigenvalue weighted by Gasteiger charge is 2.27. The highest BCUT2D eigenvalue weighted by atomic mass is 127. The van der Waals surface area contributed by atoms with Gasteiger partial charge in [-0.3, -0.25) is 4.99 Å². The first-order valence-corrected chi connectivity index (χ1v) is 10.4. The van der Waals surface area contributed by atoms with Crippen LogP contribution in [0.5, 0.6) is 0 Å². The lowest BCUT2D eigenvalue weighted by atomic mass is 10.1. The quantitative estimate of drug-likeness (QED) is 0.393. The molecule has 1 aromatic rings. The molecule has 1 aliphatic rings. The molecule has 2 heterocycles. The number of hydrogen-bond donors (Lipinski definition) is 1. The van der Waals surface area contributed by atoms with E-state index in [1.54, 1.807) is 11.3 Å². The fourth-order valence-electron chi connectivity index (χ4n) is 2.54. The highest BCUT2D eigenvalue weighted by molar-refractivity contribution is 14.0. The number of halogens is 1. The molecule has 2 rings (SSSR count). The SMILES string of the molecule is CCNC(=NCC1CCS(=O)(=O)C1)N(C)CCc1cccs1.I. The number of hydrogen-bond acceptors (Lipinski definition) is 4. The van der Waals surface area contributed by atoms with Gasteiger partial charge in [0, 0.05) is 31.6 Å². The molecule has 0 radical (unpaired) electrons. The highest BCUT2D eigenvalue weighted by Crippen LogP contribution is 2.18. The van der Waals surface area contributed by atoms with Gasteiger partial charge < -0.3 is 10.2 Å². The van der Waals surface area contributed by atoms with Gasteiger partial charge in [0.2, 0.25) is 0 Å². The van der Waals surface area contributed by atoms with Crippen LogP contribution in [0.4, 0.5) is 0 Å². The Bertz CT molecular complexity index is 588. The minimum absolute atomic E-state index is 0. The summed E-state index contributed by atoms with van der Waals surface area (Å²) in [6.45, 7) is 4.34. The zero-order chi connectivity index (χ0) is 16.0. The van der Waals surface area contributed by atoms with Crippen molar-refractivity contribution < 1.29 is 8.42 Å². The van der Waals surface area contributed by atoms with E-state index in [2.05, 4.69) is 32.7 Å². The Hall–Kier alpha value is -0.350. The van der Waals surface area contributed by atoms with Crippen molar-refractivity contribution >= 4 is 51.1 Å². The predicted octanol–water partition coefficient (Wildman–Crippen LogP) is 2.24. The maximum atomic E-state index is 11.5. The lowest BCUT2D eigenvalue weighted by Gasteiger charge is -2.22. The van der Waals surface area contributed by atoms with E-state index in [-0.39, 0.29) is 35.6 Å².